The van der Waals surface area contributed by atoms with E-state index >= 15 is 0 Å². The zero-order valence-electron chi connectivity index (χ0n) is 25.1. The molecule has 0 radical (unpaired) electrons. The molecule has 3 aromatic carbocycles. The second-order valence-electron chi connectivity index (χ2n) is 12.2. The molecule has 6 rings (SSSR count). The monoisotopic (exact) mass is 577 g/mol. The van der Waals surface area contributed by atoms with E-state index in [1.54, 1.807) is 0 Å². The van der Waals surface area contributed by atoms with Crippen molar-refractivity contribution in [3.63, 3.8) is 0 Å². The Balaban J connectivity index is 0.921. The van der Waals surface area contributed by atoms with Crippen LogP contribution in [0, 0.1) is 24.1 Å². The SMILES string of the molecule is Cc1cc(C#N)ccc1N1CCC(OCCCCCCc2ccc(-c3[nH]c4cc(F)cc5c4c3CCCC5=O)cc2)CC1. The second kappa shape index (κ2) is 13.1. The Morgan fingerprint density at radius 2 is 1.79 bits per heavy atom. The first kappa shape index (κ1) is 29.1. The van der Waals surface area contributed by atoms with Crippen molar-refractivity contribution in [2.24, 2.45) is 0 Å². The number of nitriles is 1. The lowest BCUT2D eigenvalue weighted by Crippen LogP contribution is -2.37. The summed E-state index contributed by atoms with van der Waals surface area (Å²) in [5, 5.41) is 10.0. The van der Waals surface area contributed by atoms with Crippen LogP contribution in [0.3, 0.4) is 0 Å². The van der Waals surface area contributed by atoms with Crippen LogP contribution in [0.4, 0.5) is 10.1 Å². The highest BCUT2D eigenvalue weighted by atomic mass is 19.1. The zero-order chi connectivity index (χ0) is 29.8. The van der Waals surface area contributed by atoms with Crippen LogP contribution >= 0.6 is 0 Å². The van der Waals surface area contributed by atoms with Gasteiger partial charge in [-0.25, -0.2) is 4.39 Å². The smallest absolute Gasteiger partial charge is 0.163 e. The molecule has 2 heterocycles. The Morgan fingerprint density at radius 3 is 2.56 bits per heavy atom. The third-order valence-electron chi connectivity index (χ3n) is 9.16. The molecule has 43 heavy (non-hydrogen) atoms. The number of rotatable bonds is 10. The lowest BCUT2D eigenvalue weighted by molar-refractivity contribution is 0.0347. The van der Waals surface area contributed by atoms with Crippen molar-refractivity contribution in [1.29, 1.82) is 5.26 Å². The molecule has 2 aliphatic rings. The van der Waals surface area contributed by atoms with Crippen molar-refractivity contribution in [3.8, 4) is 17.3 Å². The van der Waals surface area contributed by atoms with E-state index in [4.69, 9.17) is 10.00 Å². The Kier molecular flexibility index (Phi) is 8.90. The number of aromatic amines is 1. The number of carbonyl (C=O) groups is 1. The van der Waals surface area contributed by atoms with Crippen LogP contribution < -0.4 is 4.90 Å². The molecule has 0 spiro atoms. The number of anilines is 1. The number of benzene rings is 3. The molecule has 0 saturated carbocycles. The summed E-state index contributed by atoms with van der Waals surface area (Å²) in [7, 11) is 0. The van der Waals surface area contributed by atoms with E-state index in [1.165, 1.54) is 41.8 Å². The summed E-state index contributed by atoms with van der Waals surface area (Å²) in [5.74, 6) is -0.331. The molecule has 4 aromatic rings. The van der Waals surface area contributed by atoms with Crippen molar-refractivity contribution >= 4 is 22.4 Å². The standard InChI is InChI=1S/C37H40FN3O2/c1-25-21-27(24-39)12-15-34(25)41-18-16-30(17-19-41)43-20-5-3-2-4-7-26-10-13-28(14-11-26)37-31-8-6-9-35(42)32-22-29(38)23-33(40-37)36(31)32/h10-15,21-23,30,40H,2-9,16-20H2,1H3. The number of halogens is 1. The van der Waals surface area contributed by atoms with Gasteiger partial charge in [-0.3, -0.25) is 4.79 Å². The molecule has 5 nitrogen and oxygen atoms in total. The number of aromatic nitrogens is 1. The van der Waals surface area contributed by atoms with Crippen LogP contribution in [0.2, 0.25) is 0 Å². The molecule has 1 aromatic heterocycles. The Hall–Kier alpha value is -3.95. The van der Waals surface area contributed by atoms with Gasteiger partial charge in [-0.2, -0.15) is 5.26 Å². The number of hydrogen-bond acceptors (Lipinski definition) is 4. The number of Topliss-reactive ketones (excluding diaryl/α,β-unsaturated/α-hetero) is 1. The van der Waals surface area contributed by atoms with Crippen LogP contribution in [-0.2, 0) is 17.6 Å². The van der Waals surface area contributed by atoms with Crippen LogP contribution in [0.15, 0.2) is 54.6 Å². The molecule has 1 N–H and O–H groups in total. The fraction of sp³-hybridized carbons (Fsp3) is 0.405. The lowest BCUT2D eigenvalue weighted by atomic mass is 9.98. The Bertz CT molecular complexity index is 1640. The van der Waals surface area contributed by atoms with E-state index in [2.05, 4.69) is 53.2 Å². The quantitative estimate of drug-likeness (QED) is 0.192. The minimum atomic E-state index is -0.365. The molecule has 1 saturated heterocycles. The Morgan fingerprint density at radius 1 is 1.00 bits per heavy atom. The van der Waals surface area contributed by atoms with E-state index in [1.807, 2.05) is 12.1 Å². The molecule has 0 bridgehead atoms. The fourth-order valence-corrected chi connectivity index (χ4v) is 6.86. The number of unbranched alkanes of at least 4 members (excludes halogenated alkanes) is 3. The molecule has 1 aliphatic heterocycles. The molecule has 1 aliphatic carbocycles. The largest absolute Gasteiger partial charge is 0.378 e. The van der Waals surface area contributed by atoms with E-state index in [-0.39, 0.29) is 11.6 Å². The normalized spacial score (nSPS) is 15.6. The number of ether oxygens (including phenoxy) is 1. The van der Waals surface area contributed by atoms with Gasteiger partial charge < -0.3 is 14.6 Å². The predicted molar refractivity (Wildman–Crippen MR) is 170 cm³/mol. The van der Waals surface area contributed by atoms with Gasteiger partial charge in [-0.15, -0.1) is 0 Å². The molecule has 6 heteroatoms. The van der Waals surface area contributed by atoms with Gasteiger partial charge in [0.2, 0.25) is 0 Å². The zero-order valence-corrected chi connectivity index (χ0v) is 25.1. The fourth-order valence-electron chi connectivity index (χ4n) is 6.86. The van der Waals surface area contributed by atoms with E-state index in [0.717, 1.165) is 92.4 Å². The highest BCUT2D eigenvalue weighted by Gasteiger charge is 2.24. The van der Waals surface area contributed by atoms with E-state index in [0.29, 0.717) is 23.6 Å². The average Bonchev–Trinajstić information content (AvgIpc) is 3.29. The first-order chi connectivity index (χ1) is 21.0. The van der Waals surface area contributed by atoms with Crippen LogP contribution in [0.5, 0.6) is 0 Å². The van der Waals surface area contributed by atoms with Crippen molar-refractivity contribution < 1.29 is 13.9 Å². The third-order valence-corrected chi connectivity index (χ3v) is 9.16. The summed E-state index contributed by atoms with van der Waals surface area (Å²) in [6, 6.07) is 19.8. The predicted octanol–water partition coefficient (Wildman–Crippen LogP) is 8.46. The molecular formula is C37H40FN3O2. The number of piperidine rings is 1. The average molecular weight is 578 g/mol. The maximum atomic E-state index is 14.2. The van der Waals surface area contributed by atoms with Gasteiger partial charge in [0.15, 0.2) is 5.78 Å². The van der Waals surface area contributed by atoms with Gasteiger partial charge in [-0.1, -0.05) is 37.1 Å². The van der Waals surface area contributed by atoms with E-state index in [9.17, 15) is 9.18 Å². The third kappa shape index (κ3) is 6.53. The number of nitrogens with zero attached hydrogens (tertiary/aromatic N) is 2. The van der Waals surface area contributed by atoms with Gasteiger partial charge in [0, 0.05) is 54.0 Å². The highest BCUT2D eigenvalue weighted by molar-refractivity contribution is 6.11. The lowest BCUT2D eigenvalue weighted by Gasteiger charge is -2.34. The van der Waals surface area contributed by atoms with Gasteiger partial charge in [0.05, 0.1) is 17.7 Å². The van der Waals surface area contributed by atoms with Crippen molar-refractivity contribution in [2.45, 2.75) is 77.2 Å². The Labute approximate surface area is 253 Å². The highest BCUT2D eigenvalue weighted by Crippen LogP contribution is 2.37. The summed E-state index contributed by atoms with van der Waals surface area (Å²) in [5.41, 5.74) is 8.92. The molecule has 222 valence electrons. The number of H-pyrrole nitrogens is 1. The minimum Gasteiger partial charge on any atom is -0.378 e. The number of ketones is 1. The summed E-state index contributed by atoms with van der Waals surface area (Å²) in [6.45, 7) is 4.91. The van der Waals surface area contributed by atoms with Crippen LogP contribution in [-0.4, -0.2) is 36.6 Å². The van der Waals surface area contributed by atoms with Crippen LogP contribution in [0.1, 0.15) is 84.0 Å². The van der Waals surface area contributed by atoms with Crippen LogP contribution in [0.25, 0.3) is 22.2 Å². The first-order valence-electron chi connectivity index (χ1n) is 15.8. The van der Waals surface area contributed by atoms with E-state index < -0.39 is 0 Å². The number of nitrogens with one attached hydrogen (secondary N) is 1. The van der Waals surface area contributed by atoms with Crippen molar-refractivity contribution in [2.75, 3.05) is 24.6 Å². The number of carbonyl (C=O) groups excluding carboxylic acids is 1. The summed E-state index contributed by atoms with van der Waals surface area (Å²) >= 11 is 0. The topological polar surface area (TPSA) is 69.1 Å². The minimum absolute atomic E-state index is 0.0344. The molecule has 1 fully saturated rings. The first-order valence-corrected chi connectivity index (χ1v) is 15.8. The molecule has 0 amide bonds. The van der Waals surface area contributed by atoms with Gasteiger partial charge in [0.1, 0.15) is 5.82 Å². The molecule has 0 atom stereocenters. The van der Waals surface area contributed by atoms with Gasteiger partial charge in [-0.05, 0) is 104 Å². The summed E-state index contributed by atoms with van der Waals surface area (Å²) in [4.78, 5) is 18.4. The van der Waals surface area contributed by atoms with Crippen molar-refractivity contribution in [3.05, 3.63) is 88.2 Å². The molecular weight excluding hydrogens is 537 g/mol. The van der Waals surface area contributed by atoms with Gasteiger partial charge in [0.25, 0.3) is 0 Å². The summed E-state index contributed by atoms with van der Waals surface area (Å²) in [6.07, 6.45) is 10.2. The summed E-state index contributed by atoms with van der Waals surface area (Å²) < 4.78 is 20.4. The maximum absolute atomic E-state index is 14.2. The van der Waals surface area contributed by atoms with Gasteiger partial charge >= 0.3 is 0 Å². The van der Waals surface area contributed by atoms with Crippen molar-refractivity contribution in [1.82, 2.24) is 4.98 Å². The maximum Gasteiger partial charge on any atom is 0.163 e. The number of aryl methyl sites for hydroxylation is 3. The molecule has 0 unspecified atom stereocenters. The second-order valence-corrected chi connectivity index (χ2v) is 12.2. The number of hydrogen-bond donors (Lipinski definition) is 1.